The van der Waals surface area contributed by atoms with Gasteiger partial charge in [-0.2, -0.15) is 0 Å². The van der Waals surface area contributed by atoms with Crippen LogP contribution in [0, 0.1) is 0 Å². The summed E-state index contributed by atoms with van der Waals surface area (Å²) in [6.07, 6.45) is 3.33. The fourth-order valence-electron chi connectivity index (χ4n) is 1.72. The van der Waals surface area contributed by atoms with Crippen molar-refractivity contribution in [3.05, 3.63) is 23.7 Å². The van der Waals surface area contributed by atoms with Gasteiger partial charge in [0.25, 0.3) is 11.1 Å². The molecule has 1 fully saturated rings. The molecule has 19 heavy (non-hydrogen) atoms. The Morgan fingerprint density at radius 1 is 1.26 bits per heavy atom. The summed E-state index contributed by atoms with van der Waals surface area (Å²) in [7, 11) is 1.78. The number of nitrogens with zero attached hydrogens (tertiary/aromatic N) is 5. The van der Waals surface area contributed by atoms with Crippen LogP contribution in [0.15, 0.2) is 34.2 Å². The predicted molar refractivity (Wildman–Crippen MR) is 72.2 cm³/mol. The number of amides is 1. The first-order valence-electron chi connectivity index (χ1n) is 5.97. The molecular formula is C11H15N5O2S. The maximum absolute atomic E-state index is 11.9. The van der Waals surface area contributed by atoms with Crippen molar-refractivity contribution < 1.29 is 9.53 Å². The van der Waals surface area contributed by atoms with Crippen LogP contribution in [0.2, 0.25) is 0 Å². The van der Waals surface area contributed by atoms with Crippen molar-refractivity contribution in [1.82, 2.24) is 14.9 Å². The first kappa shape index (κ1) is 13.5. The van der Waals surface area contributed by atoms with E-state index in [9.17, 15) is 4.79 Å². The van der Waals surface area contributed by atoms with Crippen LogP contribution < -0.4 is 0 Å². The fourth-order valence-corrected chi connectivity index (χ4v) is 2.02. The molecule has 0 aromatic heterocycles. The smallest absolute Gasteiger partial charge is 0.297 e. The normalized spacial score (nSPS) is 23.2. The quantitative estimate of drug-likeness (QED) is 0.578. The number of carbonyl (C=O) groups is 1. The molecule has 0 aromatic rings. The number of thiocarbonyl (C=S) groups is 1. The minimum absolute atomic E-state index is 0.193. The van der Waals surface area contributed by atoms with Gasteiger partial charge >= 0.3 is 0 Å². The van der Waals surface area contributed by atoms with E-state index in [0.29, 0.717) is 13.1 Å². The second-order valence-corrected chi connectivity index (χ2v) is 4.24. The van der Waals surface area contributed by atoms with E-state index in [1.54, 1.807) is 29.2 Å². The summed E-state index contributed by atoms with van der Waals surface area (Å²) in [5.74, 6) is 0.768. The van der Waals surface area contributed by atoms with Crippen LogP contribution >= 0.6 is 12.2 Å². The molecule has 0 aliphatic carbocycles. The lowest BCUT2D eigenvalue weighted by atomic mass is 10.3. The molecule has 2 heterocycles. The average Bonchev–Trinajstić information content (AvgIpc) is 2.87. The van der Waals surface area contributed by atoms with Crippen molar-refractivity contribution in [2.45, 2.75) is 13.8 Å². The molecule has 7 nitrogen and oxygen atoms in total. The van der Waals surface area contributed by atoms with Gasteiger partial charge in [0.2, 0.25) is 0 Å². The van der Waals surface area contributed by atoms with Gasteiger partial charge in [-0.25, -0.2) is 10.0 Å². The third-order valence-corrected chi connectivity index (χ3v) is 3.05. The molecule has 8 heteroatoms. The predicted octanol–water partition coefficient (Wildman–Crippen LogP) is 1.42. The molecular weight excluding hydrogens is 266 g/mol. The molecule has 0 spiro atoms. The Kier molecular flexibility index (Phi) is 3.79. The van der Waals surface area contributed by atoms with E-state index in [-0.39, 0.29) is 16.8 Å². The van der Waals surface area contributed by atoms with Crippen LogP contribution in [-0.4, -0.2) is 46.1 Å². The summed E-state index contributed by atoms with van der Waals surface area (Å²) < 4.78 is 5.27. The van der Waals surface area contributed by atoms with Crippen LogP contribution in [0.1, 0.15) is 13.8 Å². The van der Waals surface area contributed by atoms with Gasteiger partial charge in [0.05, 0.1) is 0 Å². The van der Waals surface area contributed by atoms with Crippen molar-refractivity contribution in [2.75, 3.05) is 20.1 Å². The van der Waals surface area contributed by atoms with E-state index in [0.717, 1.165) is 5.82 Å². The van der Waals surface area contributed by atoms with E-state index in [4.69, 9.17) is 17.0 Å². The zero-order valence-electron chi connectivity index (χ0n) is 11.0. The molecule has 0 bridgehead atoms. The Bertz CT molecular complexity index is 499. The summed E-state index contributed by atoms with van der Waals surface area (Å²) in [6.45, 7) is 5.00. The summed E-state index contributed by atoms with van der Waals surface area (Å²) in [5, 5.41) is 11.4. The zero-order valence-corrected chi connectivity index (χ0v) is 11.8. The second-order valence-electron chi connectivity index (χ2n) is 3.89. The Labute approximate surface area is 116 Å². The lowest BCUT2D eigenvalue weighted by Crippen LogP contribution is -2.27. The van der Waals surface area contributed by atoms with Crippen LogP contribution in [0.4, 0.5) is 0 Å². The first-order chi connectivity index (χ1) is 9.08. The van der Waals surface area contributed by atoms with Gasteiger partial charge in [-0.05, 0) is 48.7 Å². The fraction of sp³-hybridized carbons (Fsp3) is 0.455. The van der Waals surface area contributed by atoms with Crippen LogP contribution in [0.3, 0.4) is 0 Å². The van der Waals surface area contributed by atoms with Gasteiger partial charge in [0.1, 0.15) is 5.82 Å². The summed E-state index contributed by atoms with van der Waals surface area (Å²) in [6, 6.07) is 0. The SMILES string of the molecule is CCN1C(=O)/C(=C/C=C2\N(C)N=NN2CC)OC1=S. The molecule has 2 aliphatic heterocycles. The summed E-state index contributed by atoms with van der Waals surface area (Å²) >= 11 is 4.98. The molecule has 0 unspecified atom stereocenters. The lowest BCUT2D eigenvalue weighted by molar-refractivity contribution is -0.122. The van der Waals surface area contributed by atoms with Gasteiger partial charge in [0, 0.05) is 20.1 Å². The number of hydrogen-bond donors (Lipinski definition) is 0. The maximum Gasteiger partial charge on any atom is 0.297 e. The summed E-state index contributed by atoms with van der Waals surface area (Å²) in [5.41, 5.74) is 0. The van der Waals surface area contributed by atoms with E-state index in [2.05, 4.69) is 10.4 Å². The van der Waals surface area contributed by atoms with Gasteiger partial charge < -0.3 is 4.74 Å². The maximum atomic E-state index is 11.9. The second kappa shape index (κ2) is 5.35. The highest BCUT2D eigenvalue weighted by Crippen LogP contribution is 2.20. The topological polar surface area (TPSA) is 60.7 Å². The molecule has 1 saturated heterocycles. The van der Waals surface area contributed by atoms with Crippen LogP contribution in [0.5, 0.6) is 0 Å². The largest absolute Gasteiger partial charge is 0.426 e. The molecule has 0 atom stereocenters. The van der Waals surface area contributed by atoms with E-state index in [1.165, 1.54) is 4.90 Å². The highest BCUT2D eigenvalue weighted by Gasteiger charge is 2.31. The third kappa shape index (κ3) is 2.43. The van der Waals surface area contributed by atoms with Gasteiger partial charge in [-0.3, -0.25) is 9.69 Å². The van der Waals surface area contributed by atoms with E-state index < -0.39 is 0 Å². The van der Waals surface area contributed by atoms with Gasteiger partial charge in [0.15, 0.2) is 5.76 Å². The molecule has 0 radical (unpaired) electrons. The van der Waals surface area contributed by atoms with Gasteiger partial charge in [-0.1, -0.05) is 0 Å². The average molecular weight is 281 g/mol. The van der Waals surface area contributed by atoms with Crippen molar-refractivity contribution in [3.8, 4) is 0 Å². The Balaban J connectivity index is 2.19. The molecule has 0 N–H and O–H groups in total. The molecule has 0 aromatic carbocycles. The van der Waals surface area contributed by atoms with Crippen LogP contribution in [-0.2, 0) is 9.53 Å². The van der Waals surface area contributed by atoms with E-state index >= 15 is 0 Å². The van der Waals surface area contributed by atoms with Crippen molar-refractivity contribution >= 4 is 23.3 Å². The first-order valence-corrected chi connectivity index (χ1v) is 6.37. The molecule has 102 valence electrons. The number of allylic oxidation sites excluding steroid dienone is 2. The van der Waals surface area contributed by atoms with Crippen molar-refractivity contribution in [1.29, 1.82) is 0 Å². The Morgan fingerprint density at radius 3 is 2.58 bits per heavy atom. The monoisotopic (exact) mass is 281 g/mol. The number of hydrogen-bond acceptors (Lipinski definition) is 7. The highest BCUT2D eigenvalue weighted by atomic mass is 32.1. The van der Waals surface area contributed by atoms with Gasteiger partial charge in [-0.15, -0.1) is 0 Å². The lowest BCUT2D eigenvalue weighted by Gasteiger charge is -2.14. The summed E-state index contributed by atoms with van der Waals surface area (Å²) in [4.78, 5) is 13.3. The Hall–Kier alpha value is -1.96. The molecule has 2 aliphatic rings. The Morgan fingerprint density at radius 2 is 2.00 bits per heavy atom. The zero-order chi connectivity index (χ0) is 14.0. The van der Waals surface area contributed by atoms with Crippen molar-refractivity contribution in [3.63, 3.8) is 0 Å². The number of carbonyl (C=O) groups excluding carboxylic acids is 1. The molecule has 0 saturated carbocycles. The number of likely N-dealkylation sites (N-methyl/N-ethyl adjacent to an activating group) is 1. The minimum atomic E-state index is -0.220. The molecule has 2 rings (SSSR count). The number of ether oxygens (including phenoxy) is 1. The van der Waals surface area contributed by atoms with Crippen molar-refractivity contribution in [2.24, 2.45) is 10.4 Å². The third-order valence-electron chi connectivity index (χ3n) is 2.75. The number of rotatable bonds is 3. The minimum Gasteiger partial charge on any atom is -0.426 e. The van der Waals surface area contributed by atoms with Crippen LogP contribution in [0.25, 0.3) is 0 Å². The van der Waals surface area contributed by atoms with E-state index in [1.807, 2.05) is 13.8 Å². The molecule has 1 amide bonds. The highest BCUT2D eigenvalue weighted by molar-refractivity contribution is 7.80. The standard InChI is InChI=1S/C11H15N5O2S/c1-4-15-10(17)8(18-11(15)19)6-7-9-14(3)12-13-16(9)5-2/h6-7H,4-5H2,1-3H3/b8-6-,9-7+.